The number of hydrogen-bond donors (Lipinski definition) is 2. The summed E-state index contributed by atoms with van der Waals surface area (Å²) in [4.78, 5) is 15.2. The smallest absolute Gasteiger partial charge is 0.335 e. The Morgan fingerprint density at radius 1 is 1.07 bits per heavy atom. The zero-order chi connectivity index (χ0) is 20.1. The molecule has 7 nitrogen and oxygen atoms in total. The van der Waals surface area contributed by atoms with E-state index in [1.54, 1.807) is 30.5 Å². The van der Waals surface area contributed by atoms with E-state index in [-0.39, 0.29) is 16.1 Å². The van der Waals surface area contributed by atoms with Crippen molar-refractivity contribution in [3.8, 4) is 17.0 Å². The number of benzene rings is 2. The van der Waals surface area contributed by atoms with Gasteiger partial charge in [0.2, 0.25) is 5.88 Å². The van der Waals surface area contributed by atoms with E-state index in [0.29, 0.717) is 18.1 Å². The van der Waals surface area contributed by atoms with Gasteiger partial charge < -0.3 is 9.84 Å². The molecule has 0 spiro atoms. The van der Waals surface area contributed by atoms with Crippen LogP contribution >= 0.6 is 0 Å². The molecule has 3 aromatic rings. The summed E-state index contributed by atoms with van der Waals surface area (Å²) in [5, 5.41) is 8.92. The van der Waals surface area contributed by atoms with Crippen LogP contribution in [0.3, 0.4) is 0 Å². The topological polar surface area (TPSA) is 106 Å². The predicted octanol–water partition coefficient (Wildman–Crippen LogP) is 3.65. The first-order valence-corrected chi connectivity index (χ1v) is 9.93. The van der Waals surface area contributed by atoms with Crippen LogP contribution in [0.2, 0.25) is 0 Å². The molecule has 2 aromatic carbocycles. The Morgan fingerprint density at radius 3 is 2.43 bits per heavy atom. The van der Waals surface area contributed by atoms with E-state index in [1.807, 2.05) is 13.0 Å². The normalized spacial score (nSPS) is 11.0. The van der Waals surface area contributed by atoms with Crippen LogP contribution in [-0.2, 0) is 10.0 Å². The molecule has 0 saturated carbocycles. The number of carboxylic acid groups (broad SMARTS) is 1. The molecule has 0 unspecified atom stereocenters. The lowest BCUT2D eigenvalue weighted by atomic mass is 10.1. The van der Waals surface area contributed by atoms with Crippen molar-refractivity contribution in [3.05, 3.63) is 72.4 Å². The lowest BCUT2D eigenvalue weighted by molar-refractivity contribution is 0.0697. The van der Waals surface area contributed by atoms with Crippen molar-refractivity contribution < 1.29 is 23.1 Å². The number of carbonyl (C=O) groups is 1. The fraction of sp³-hybridized carbons (Fsp3) is 0.100. The number of nitrogens with zero attached hydrogens (tertiary/aromatic N) is 1. The fourth-order valence-electron chi connectivity index (χ4n) is 2.52. The lowest BCUT2D eigenvalue weighted by Crippen LogP contribution is -2.13. The number of sulfonamides is 1. The van der Waals surface area contributed by atoms with Gasteiger partial charge in [-0.2, -0.15) is 0 Å². The van der Waals surface area contributed by atoms with Crippen molar-refractivity contribution in [2.75, 3.05) is 11.3 Å². The second-order valence-corrected chi connectivity index (χ2v) is 7.52. The minimum Gasteiger partial charge on any atom is -0.478 e. The highest BCUT2D eigenvalue weighted by Crippen LogP contribution is 2.24. The van der Waals surface area contributed by atoms with E-state index >= 15 is 0 Å². The fourth-order valence-corrected chi connectivity index (χ4v) is 3.63. The number of pyridine rings is 1. The average molecular weight is 398 g/mol. The van der Waals surface area contributed by atoms with Crippen LogP contribution < -0.4 is 9.46 Å². The van der Waals surface area contributed by atoms with Crippen LogP contribution in [-0.4, -0.2) is 31.1 Å². The summed E-state index contributed by atoms with van der Waals surface area (Å²) in [6.07, 6.45) is 1.62. The third kappa shape index (κ3) is 4.47. The van der Waals surface area contributed by atoms with Crippen LogP contribution in [0.25, 0.3) is 11.1 Å². The molecule has 1 aromatic heterocycles. The van der Waals surface area contributed by atoms with Crippen molar-refractivity contribution in [1.29, 1.82) is 0 Å². The summed E-state index contributed by atoms with van der Waals surface area (Å²) in [5.41, 5.74) is 1.80. The Kier molecular flexibility index (Phi) is 5.60. The summed E-state index contributed by atoms with van der Waals surface area (Å²) >= 11 is 0. The minimum absolute atomic E-state index is 0.0768. The van der Waals surface area contributed by atoms with E-state index in [9.17, 15) is 13.2 Å². The molecule has 0 aliphatic heterocycles. The Morgan fingerprint density at radius 2 is 1.82 bits per heavy atom. The third-order valence-electron chi connectivity index (χ3n) is 3.89. The number of hydrogen-bond acceptors (Lipinski definition) is 5. The molecule has 0 radical (unpaired) electrons. The highest BCUT2D eigenvalue weighted by molar-refractivity contribution is 7.92. The maximum absolute atomic E-state index is 12.7. The lowest BCUT2D eigenvalue weighted by Gasteiger charge is -2.10. The number of aromatic carboxylic acids is 1. The second kappa shape index (κ2) is 8.10. The van der Waals surface area contributed by atoms with Gasteiger partial charge in [-0.05, 0) is 55.0 Å². The van der Waals surface area contributed by atoms with Crippen LogP contribution in [0.5, 0.6) is 5.88 Å². The van der Waals surface area contributed by atoms with Crippen molar-refractivity contribution in [1.82, 2.24) is 4.98 Å². The summed E-state index contributed by atoms with van der Waals surface area (Å²) in [6, 6.07) is 15.5. The number of anilines is 1. The Hall–Kier alpha value is -3.39. The van der Waals surface area contributed by atoms with Gasteiger partial charge in [-0.25, -0.2) is 18.2 Å². The van der Waals surface area contributed by atoms with Gasteiger partial charge >= 0.3 is 5.97 Å². The molecule has 144 valence electrons. The third-order valence-corrected chi connectivity index (χ3v) is 5.27. The molecule has 0 aliphatic rings. The molecule has 0 bridgehead atoms. The van der Waals surface area contributed by atoms with Crippen LogP contribution in [0.4, 0.5) is 5.69 Å². The first kappa shape index (κ1) is 19.4. The second-order valence-electron chi connectivity index (χ2n) is 5.83. The zero-order valence-electron chi connectivity index (χ0n) is 15.0. The van der Waals surface area contributed by atoms with Gasteiger partial charge in [0.15, 0.2) is 0 Å². The van der Waals surface area contributed by atoms with E-state index < -0.39 is 16.0 Å². The average Bonchev–Trinajstić information content (AvgIpc) is 2.69. The molecule has 1 heterocycles. The highest BCUT2D eigenvalue weighted by atomic mass is 32.2. The maximum Gasteiger partial charge on any atom is 0.335 e. The molecule has 0 aliphatic carbocycles. The molecule has 0 fully saturated rings. The maximum atomic E-state index is 12.7. The molecule has 2 N–H and O–H groups in total. The summed E-state index contributed by atoms with van der Waals surface area (Å²) in [5.74, 6) is -0.576. The monoisotopic (exact) mass is 398 g/mol. The Labute approximate surface area is 162 Å². The van der Waals surface area contributed by atoms with E-state index in [0.717, 1.165) is 5.56 Å². The predicted molar refractivity (Wildman–Crippen MR) is 105 cm³/mol. The van der Waals surface area contributed by atoms with Gasteiger partial charge in [0.1, 0.15) is 0 Å². The van der Waals surface area contributed by atoms with Gasteiger partial charge in [0.05, 0.1) is 17.1 Å². The Balaban J connectivity index is 1.84. The standard InChI is InChI=1S/C20H18N2O5S/c1-2-27-19-11-8-16(13-21-19)15-4-3-5-18(12-15)28(25,26)22-17-9-6-14(7-10-17)20(23)24/h3-13,22H,2H2,1H3,(H,23,24). The Bertz CT molecular complexity index is 1080. The van der Waals surface area contributed by atoms with Crippen LogP contribution in [0, 0.1) is 0 Å². The van der Waals surface area contributed by atoms with E-state index in [4.69, 9.17) is 9.84 Å². The van der Waals surface area contributed by atoms with Crippen molar-refractivity contribution in [3.63, 3.8) is 0 Å². The van der Waals surface area contributed by atoms with Gasteiger partial charge in [-0.3, -0.25) is 4.72 Å². The molecule has 0 saturated heterocycles. The van der Waals surface area contributed by atoms with Crippen molar-refractivity contribution >= 4 is 21.7 Å². The number of ether oxygens (including phenoxy) is 1. The number of rotatable bonds is 7. The summed E-state index contributed by atoms with van der Waals surface area (Å²) in [6.45, 7) is 2.38. The van der Waals surface area contributed by atoms with Crippen molar-refractivity contribution in [2.45, 2.75) is 11.8 Å². The zero-order valence-corrected chi connectivity index (χ0v) is 15.8. The van der Waals surface area contributed by atoms with E-state index in [1.165, 1.54) is 30.3 Å². The number of nitrogens with one attached hydrogen (secondary N) is 1. The molecule has 8 heteroatoms. The molecular weight excluding hydrogens is 380 g/mol. The SMILES string of the molecule is CCOc1ccc(-c2cccc(S(=O)(=O)Nc3ccc(C(=O)O)cc3)c2)cn1. The van der Waals surface area contributed by atoms with Gasteiger partial charge in [0, 0.05) is 23.5 Å². The molecular formula is C20H18N2O5S. The first-order valence-electron chi connectivity index (χ1n) is 8.44. The molecule has 3 rings (SSSR count). The first-order chi connectivity index (χ1) is 13.4. The summed E-state index contributed by atoms with van der Waals surface area (Å²) in [7, 11) is -3.84. The highest BCUT2D eigenvalue weighted by Gasteiger charge is 2.15. The van der Waals surface area contributed by atoms with Crippen molar-refractivity contribution in [2.24, 2.45) is 0 Å². The van der Waals surface area contributed by atoms with Gasteiger partial charge in [0.25, 0.3) is 10.0 Å². The molecule has 0 amide bonds. The largest absolute Gasteiger partial charge is 0.478 e. The molecule has 28 heavy (non-hydrogen) atoms. The molecule has 0 atom stereocenters. The quantitative estimate of drug-likeness (QED) is 0.629. The van der Waals surface area contributed by atoms with Crippen LogP contribution in [0.1, 0.15) is 17.3 Å². The number of aromatic nitrogens is 1. The van der Waals surface area contributed by atoms with E-state index in [2.05, 4.69) is 9.71 Å². The minimum atomic E-state index is -3.84. The van der Waals surface area contributed by atoms with Gasteiger partial charge in [-0.15, -0.1) is 0 Å². The number of carboxylic acids is 1. The summed E-state index contributed by atoms with van der Waals surface area (Å²) < 4.78 is 33.1. The van der Waals surface area contributed by atoms with Gasteiger partial charge in [-0.1, -0.05) is 12.1 Å². The van der Waals surface area contributed by atoms with Crippen LogP contribution in [0.15, 0.2) is 71.8 Å².